The van der Waals surface area contributed by atoms with Gasteiger partial charge in [-0.05, 0) is 65.6 Å². The summed E-state index contributed by atoms with van der Waals surface area (Å²) in [6, 6.07) is 31.7. The maximum Gasteiger partial charge on any atom is 0.229 e. The van der Waals surface area contributed by atoms with Gasteiger partial charge >= 0.3 is 0 Å². The van der Waals surface area contributed by atoms with E-state index in [1.807, 2.05) is 75.9 Å². The van der Waals surface area contributed by atoms with Gasteiger partial charge in [0.25, 0.3) is 0 Å². The van der Waals surface area contributed by atoms with E-state index in [4.69, 9.17) is 5.41 Å². The summed E-state index contributed by atoms with van der Waals surface area (Å²) in [5.41, 5.74) is 8.24. The van der Waals surface area contributed by atoms with Gasteiger partial charge in [-0.15, -0.1) is 0 Å². The number of aromatic nitrogens is 2. The summed E-state index contributed by atoms with van der Waals surface area (Å²) in [5.74, 6) is 0. The molecule has 0 amide bonds. The number of sulfonamides is 1. The van der Waals surface area contributed by atoms with Crippen LogP contribution >= 0.6 is 0 Å². The Hall–Kier alpha value is -4.10. The van der Waals surface area contributed by atoms with E-state index in [1.165, 1.54) is 11.1 Å². The lowest BCUT2D eigenvalue weighted by Gasteiger charge is -2.09. The largest absolute Gasteiger partial charge is 0.306 e. The predicted octanol–water partition coefficient (Wildman–Crippen LogP) is 5.31. The van der Waals surface area contributed by atoms with Crippen LogP contribution in [0.1, 0.15) is 11.1 Å². The summed E-state index contributed by atoms with van der Waals surface area (Å²) >= 11 is 0. The zero-order chi connectivity index (χ0) is 24.6. The number of aryl methyl sites for hydroxylation is 1. The van der Waals surface area contributed by atoms with Gasteiger partial charge in [0.1, 0.15) is 0 Å². The van der Waals surface area contributed by atoms with Crippen molar-refractivity contribution >= 4 is 26.7 Å². The minimum atomic E-state index is -3.31. The fourth-order valence-electron chi connectivity index (χ4n) is 4.36. The van der Waals surface area contributed by atoms with E-state index in [0.717, 1.165) is 34.1 Å². The molecule has 0 saturated heterocycles. The van der Waals surface area contributed by atoms with Crippen molar-refractivity contribution in [2.24, 2.45) is 0 Å². The molecule has 0 bridgehead atoms. The van der Waals surface area contributed by atoms with Crippen LogP contribution in [0.5, 0.6) is 0 Å². The van der Waals surface area contributed by atoms with Crippen molar-refractivity contribution in [1.82, 2.24) is 9.13 Å². The average molecular weight is 483 g/mol. The highest BCUT2D eigenvalue weighted by Gasteiger charge is 2.13. The smallest absolute Gasteiger partial charge is 0.229 e. The highest BCUT2D eigenvalue weighted by Crippen LogP contribution is 2.25. The Bertz CT molecular complexity index is 1680. The molecule has 0 atom stereocenters. The van der Waals surface area contributed by atoms with E-state index in [1.54, 1.807) is 12.1 Å². The standard InChI is InChI=1S/C28H26N4O2S/c1-20-7-3-4-8-23(20)19-31-26-9-5-6-10-27(26)32(28(31)29)25-17-13-22(14-18-25)21-11-15-24(16-12-21)30-35(2,33)34/h3-18,29-30H,19H2,1-2H3. The zero-order valence-corrected chi connectivity index (χ0v) is 20.4. The number of fused-ring (bicyclic) bond motifs is 1. The Morgan fingerprint density at radius 2 is 1.34 bits per heavy atom. The monoisotopic (exact) mass is 482 g/mol. The fraction of sp³-hybridized carbons (Fsp3) is 0.107. The number of nitrogens with one attached hydrogen (secondary N) is 2. The highest BCUT2D eigenvalue weighted by molar-refractivity contribution is 7.92. The van der Waals surface area contributed by atoms with E-state index in [9.17, 15) is 8.42 Å². The lowest BCUT2D eigenvalue weighted by Crippen LogP contribution is -2.24. The third kappa shape index (κ3) is 4.63. The summed E-state index contributed by atoms with van der Waals surface area (Å²) in [4.78, 5) is 0. The topological polar surface area (TPSA) is 79.9 Å². The van der Waals surface area contributed by atoms with Crippen LogP contribution < -0.4 is 10.3 Å². The van der Waals surface area contributed by atoms with Gasteiger partial charge in [0, 0.05) is 11.4 Å². The molecular weight excluding hydrogens is 456 g/mol. The number of nitrogens with zero attached hydrogens (tertiary/aromatic N) is 2. The minimum absolute atomic E-state index is 0.415. The summed E-state index contributed by atoms with van der Waals surface area (Å²) < 4.78 is 29.4. The molecule has 4 aromatic carbocycles. The van der Waals surface area contributed by atoms with E-state index >= 15 is 0 Å². The number of para-hydroxylation sites is 2. The van der Waals surface area contributed by atoms with Crippen molar-refractivity contribution in [3.05, 3.63) is 114 Å². The van der Waals surface area contributed by atoms with E-state index in [2.05, 4.69) is 29.8 Å². The second-order valence-electron chi connectivity index (χ2n) is 8.66. The Balaban J connectivity index is 1.51. The van der Waals surface area contributed by atoms with E-state index < -0.39 is 10.0 Å². The molecule has 1 heterocycles. The number of benzene rings is 4. The van der Waals surface area contributed by atoms with Crippen LogP contribution in [0.4, 0.5) is 5.69 Å². The highest BCUT2D eigenvalue weighted by atomic mass is 32.2. The molecular formula is C28H26N4O2S. The molecule has 2 N–H and O–H groups in total. The maximum atomic E-state index is 11.4. The van der Waals surface area contributed by atoms with Gasteiger partial charge in [0.2, 0.25) is 15.6 Å². The summed E-state index contributed by atoms with van der Waals surface area (Å²) in [6.07, 6.45) is 1.13. The van der Waals surface area contributed by atoms with Crippen molar-refractivity contribution in [3.8, 4) is 16.8 Å². The maximum absolute atomic E-state index is 11.4. The molecule has 1 aromatic heterocycles. The molecule has 5 rings (SSSR count). The van der Waals surface area contributed by atoms with Gasteiger partial charge in [-0.2, -0.15) is 0 Å². The molecule has 5 aromatic rings. The van der Waals surface area contributed by atoms with Gasteiger partial charge in [-0.3, -0.25) is 14.7 Å². The van der Waals surface area contributed by atoms with Gasteiger partial charge in [0.05, 0.1) is 23.8 Å². The average Bonchev–Trinajstić information content (AvgIpc) is 3.11. The van der Waals surface area contributed by atoms with Crippen molar-refractivity contribution in [1.29, 1.82) is 5.41 Å². The van der Waals surface area contributed by atoms with Crippen molar-refractivity contribution in [2.75, 3.05) is 11.0 Å². The summed E-state index contributed by atoms with van der Waals surface area (Å²) in [7, 11) is -3.31. The van der Waals surface area contributed by atoms with Crippen LogP contribution in [-0.2, 0) is 16.6 Å². The molecule has 0 aliphatic carbocycles. The molecule has 0 spiro atoms. The van der Waals surface area contributed by atoms with Gasteiger partial charge in [0.15, 0.2) is 0 Å². The second-order valence-corrected chi connectivity index (χ2v) is 10.4. The minimum Gasteiger partial charge on any atom is -0.306 e. The van der Waals surface area contributed by atoms with Crippen LogP contribution in [0, 0.1) is 12.3 Å². The van der Waals surface area contributed by atoms with Crippen molar-refractivity contribution in [2.45, 2.75) is 13.5 Å². The molecule has 7 heteroatoms. The molecule has 0 aliphatic rings. The lowest BCUT2D eigenvalue weighted by molar-refractivity contribution is 0.607. The summed E-state index contributed by atoms with van der Waals surface area (Å²) in [6.45, 7) is 2.73. The second kappa shape index (κ2) is 8.92. The SMILES string of the molecule is Cc1ccccc1Cn1c(=N)n(-c2ccc(-c3ccc(NS(C)(=O)=O)cc3)cc2)c2ccccc21. The first kappa shape index (κ1) is 22.7. The normalized spacial score (nSPS) is 11.6. The third-order valence-corrected chi connectivity index (χ3v) is 6.72. The van der Waals surface area contributed by atoms with Crippen LogP contribution in [-0.4, -0.2) is 23.8 Å². The Kier molecular flexibility index (Phi) is 5.78. The van der Waals surface area contributed by atoms with Gasteiger partial charge in [-0.25, -0.2) is 8.42 Å². The van der Waals surface area contributed by atoms with Gasteiger partial charge < -0.3 is 4.57 Å². The lowest BCUT2D eigenvalue weighted by atomic mass is 10.1. The molecule has 0 radical (unpaired) electrons. The number of imidazole rings is 1. The van der Waals surface area contributed by atoms with Crippen molar-refractivity contribution < 1.29 is 8.42 Å². The van der Waals surface area contributed by atoms with Crippen LogP contribution in [0.25, 0.3) is 27.8 Å². The molecule has 0 fully saturated rings. The first-order valence-corrected chi connectivity index (χ1v) is 13.2. The Morgan fingerprint density at radius 3 is 1.97 bits per heavy atom. The van der Waals surface area contributed by atoms with Crippen molar-refractivity contribution in [3.63, 3.8) is 0 Å². The fourth-order valence-corrected chi connectivity index (χ4v) is 4.92. The quantitative estimate of drug-likeness (QED) is 0.344. The third-order valence-electron chi connectivity index (χ3n) is 6.12. The van der Waals surface area contributed by atoms with Crippen LogP contribution in [0.2, 0.25) is 0 Å². The predicted molar refractivity (Wildman–Crippen MR) is 141 cm³/mol. The Labute approximate surface area is 204 Å². The van der Waals surface area contributed by atoms with E-state index in [0.29, 0.717) is 17.9 Å². The molecule has 176 valence electrons. The molecule has 0 unspecified atom stereocenters. The number of hydrogen-bond acceptors (Lipinski definition) is 3. The molecule has 0 saturated carbocycles. The van der Waals surface area contributed by atoms with Crippen LogP contribution in [0.3, 0.4) is 0 Å². The molecule has 0 aliphatic heterocycles. The van der Waals surface area contributed by atoms with Crippen LogP contribution in [0.15, 0.2) is 97.1 Å². The molecule has 35 heavy (non-hydrogen) atoms. The molecule has 6 nitrogen and oxygen atoms in total. The first-order valence-electron chi connectivity index (χ1n) is 11.3. The van der Waals surface area contributed by atoms with Gasteiger partial charge in [-0.1, -0.05) is 60.7 Å². The Morgan fingerprint density at radius 1 is 0.771 bits per heavy atom. The zero-order valence-electron chi connectivity index (χ0n) is 19.6. The number of rotatable bonds is 6. The number of hydrogen-bond donors (Lipinski definition) is 2. The number of anilines is 1. The summed E-state index contributed by atoms with van der Waals surface area (Å²) in [5, 5.41) is 9.02. The van der Waals surface area contributed by atoms with E-state index in [-0.39, 0.29) is 0 Å². The first-order chi connectivity index (χ1) is 16.8.